The first-order valence-electron chi connectivity index (χ1n) is 13.8. The molecule has 10 heteroatoms. The van der Waals surface area contributed by atoms with Gasteiger partial charge in [0.25, 0.3) is 0 Å². The Hall–Kier alpha value is -4.21. The van der Waals surface area contributed by atoms with Crippen molar-refractivity contribution < 1.29 is 39.2 Å². The molecule has 2 aliphatic rings. The quantitative estimate of drug-likeness (QED) is 0.176. The Morgan fingerprint density at radius 3 is 1.81 bits per heavy atom. The Balaban J connectivity index is 1.50. The summed E-state index contributed by atoms with van der Waals surface area (Å²) < 4.78 is 12.4. The van der Waals surface area contributed by atoms with Crippen molar-refractivity contribution in [2.24, 2.45) is 0 Å². The molecule has 2 atom stereocenters. The van der Waals surface area contributed by atoms with Crippen molar-refractivity contribution in [3.63, 3.8) is 0 Å². The molecule has 2 aliphatic carbocycles. The second-order valence-corrected chi connectivity index (χ2v) is 10.7. The summed E-state index contributed by atoms with van der Waals surface area (Å²) in [4.78, 5) is 27.2. The zero-order valence-corrected chi connectivity index (χ0v) is 22.9. The summed E-state index contributed by atoms with van der Waals surface area (Å²) in [5.41, 5.74) is -0.230. The molecule has 8 nitrogen and oxygen atoms in total. The molecular formula is C32H28B2O8. The number of ketones is 2. The topological polar surface area (TPSA) is 134 Å². The minimum Gasteiger partial charge on any atom is -0.507 e. The Morgan fingerprint density at radius 1 is 0.762 bits per heavy atom. The predicted molar refractivity (Wildman–Crippen MR) is 157 cm³/mol. The van der Waals surface area contributed by atoms with Gasteiger partial charge in [-0.3, -0.25) is 9.59 Å². The van der Waals surface area contributed by atoms with Crippen molar-refractivity contribution in [3.8, 4) is 11.5 Å². The normalized spacial score (nSPS) is 19.1. The number of aromatic hydroxyl groups is 2. The number of phenols is 2. The van der Waals surface area contributed by atoms with Crippen molar-refractivity contribution in [1.82, 2.24) is 0 Å². The monoisotopic (exact) mass is 562 g/mol. The zero-order chi connectivity index (χ0) is 29.6. The van der Waals surface area contributed by atoms with Crippen LogP contribution in [-0.4, -0.2) is 51.7 Å². The van der Waals surface area contributed by atoms with Crippen molar-refractivity contribution in [1.29, 1.82) is 0 Å². The summed E-state index contributed by atoms with van der Waals surface area (Å²) in [6.07, 6.45) is -0.665. The Kier molecular flexibility index (Phi) is 7.24. The number of hydrogen-bond acceptors (Lipinski definition) is 8. The fourth-order valence-electron chi connectivity index (χ4n) is 6.08. The van der Waals surface area contributed by atoms with Crippen LogP contribution in [0.15, 0.2) is 84.9 Å². The highest BCUT2D eigenvalue weighted by molar-refractivity contribution is 6.60. The van der Waals surface area contributed by atoms with Crippen LogP contribution in [0.25, 0.3) is 0 Å². The van der Waals surface area contributed by atoms with Crippen molar-refractivity contribution >= 4 is 36.7 Å². The lowest BCUT2D eigenvalue weighted by atomic mass is 9.69. The van der Waals surface area contributed by atoms with Gasteiger partial charge in [-0.15, -0.1) is 0 Å². The van der Waals surface area contributed by atoms with E-state index in [4.69, 9.17) is 9.31 Å². The van der Waals surface area contributed by atoms with E-state index in [1.807, 2.05) is 13.0 Å². The van der Waals surface area contributed by atoms with Gasteiger partial charge >= 0.3 is 14.2 Å². The van der Waals surface area contributed by atoms with Gasteiger partial charge in [0.2, 0.25) is 0 Å². The van der Waals surface area contributed by atoms with Gasteiger partial charge in [0, 0.05) is 35.1 Å². The highest BCUT2D eigenvalue weighted by atomic mass is 16.5. The Morgan fingerprint density at radius 2 is 1.26 bits per heavy atom. The van der Waals surface area contributed by atoms with Crippen LogP contribution in [0.3, 0.4) is 0 Å². The SMILES string of the molecule is CC[C@]1(OB(O)c2ccccc2)Cc2c(O)c3c(c(O)c2[C@@H](OB(O)c2ccccc2)C1)C(=O)c1ccccc1C3=O. The minimum absolute atomic E-state index is 0.000189. The molecule has 0 unspecified atom stereocenters. The summed E-state index contributed by atoms with van der Waals surface area (Å²) in [7, 11) is -2.75. The van der Waals surface area contributed by atoms with Gasteiger partial charge in [0.15, 0.2) is 11.6 Å². The molecule has 6 rings (SSSR count). The number of carbonyl (C=O) groups is 2. The Labute approximate surface area is 243 Å². The highest BCUT2D eigenvalue weighted by Crippen LogP contribution is 2.52. The third-order valence-electron chi connectivity index (χ3n) is 8.31. The number of hydrogen-bond donors (Lipinski definition) is 4. The summed E-state index contributed by atoms with van der Waals surface area (Å²) in [5.74, 6) is -2.12. The second-order valence-electron chi connectivity index (χ2n) is 10.7. The molecule has 0 fully saturated rings. The first kappa shape index (κ1) is 27.9. The maximum absolute atomic E-state index is 13.6. The van der Waals surface area contributed by atoms with Crippen molar-refractivity contribution in [3.05, 3.63) is 118 Å². The average Bonchev–Trinajstić information content (AvgIpc) is 3.02. The zero-order valence-electron chi connectivity index (χ0n) is 22.9. The summed E-state index contributed by atoms with van der Waals surface area (Å²) >= 11 is 0. The van der Waals surface area contributed by atoms with Gasteiger partial charge in [-0.05, 0) is 17.3 Å². The number of fused-ring (bicyclic) bond motifs is 3. The molecule has 0 bridgehead atoms. The Bertz CT molecular complexity index is 1680. The lowest BCUT2D eigenvalue weighted by molar-refractivity contribution is -0.0133. The molecule has 4 N–H and O–H groups in total. The van der Waals surface area contributed by atoms with Gasteiger partial charge in [-0.1, -0.05) is 91.9 Å². The van der Waals surface area contributed by atoms with Crippen LogP contribution in [-0.2, 0) is 15.7 Å². The van der Waals surface area contributed by atoms with Crippen LogP contribution in [0.2, 0.25) is 0 Å². The number of benzene rings is 4. The van der Waals surface area contributed by atoms with E-state index in [0.717, 1.165) is 0 Å². The summed E-state index contributed by atoms with van der Waals surface area (Å²) in [6, 6.07) is 23.7. The van der Waals surface area contributed by atoms with Crippen molar-refractivity contribution in [2.75, 3.05) is 0 Å². The van der Waals surface area contributed by atoms with Gasteiger partial charge in [0.05, 0.1) is 22.8 Å². The van der Waals surface area contributed by atoms with Crippen LogP contribution in [0.1, 0.15) is 68.8 Å². The first-order valence-corrected chi connectivity index (χ1v) is 13.8. The molecule has 4 aromatic rings. The minimum atomic E-state index is -1.42. The lowest BCUT2D eigenvalue weighted by Crippen LogP contribution is -2.49. The van der Waals surface area contributed by atoms with E-state index in [1.165, 1.54) is 12.1 Å². The molecule has 4 aromatic carbocycles. The molecule has 0 amide bonds. The van der Waals surface area contributed by atoms with E-state index in [-0.39, 0.29) is 46.2 Å². The molecule has 0 spiro atoms. The second kappa shape index (κ2) is 10.9. The third-order valence-corrected chi connectivity index (χ3v) is 8.31. The van der Waals surface area contributed by atoms with E-state index in [2.05, 4.69) is 0 Å². The highest BCUT2D eigenvalue weighted by Gasteiger charge is 2.48. The molecule has 42 heavy (non-hydrogen) atoms. The summed E-state index contributed by atoms with van der Waals surface area (Å²) in [6.45, 7) is 1.85. The maximum atomic E-state index is 13.6. The van der Waals surface area contributed by atoms with Crippen LogP contribution in [0.4, 0.5) is 0 Å². The molecule has 0 saturated carbocycles. The molecule has 0 aromatic heterocycles. The van der Waals surface area contributed by atoms with E-state index >= 15 is 0 Å². The van der Waals surface area contributed by atoms with Gasteiger partial charge < -0.3 is 29.6 Å². The van der Waals surface area contributed by atoms with Crippen LogP contribution >= 0.6 is 0 Å². The van der Waals surface area contributed by atoms with E-state index in [9.17, 15) is 29.9 Å². The number of carbonyl (C=O) groups excluding carboxylic acids is 2. The number of phenolic OH excluding ortho intramolecular Hbond substituents is 2. The van der Waals surface area contributed by atoms with Gasteiger partial charge in [-0.25, -0.2) is 0 Å². The fourth-order valence-corrected chi connectivity index (χ4v) is 6.08. The molecule has 210 valence electrons. The number of rotatable bonds is 7. The van der Waals surface area contributed by atoms with Crippen LogP contribution < -0.4 is 10.9 Å². The fraction of sp³-hybridized carbons (Fsp3) is 0.188. The van der Waals surface area contributed by atoms with E-state index in [1.54, 1.807) is 66.7 Å². The van der Waals surface area contributed by atoms with Gasteiger partial charge in [0.1, 0.15) is 11.5 Å². The van der Waals surface area contributed by atoms with E-state index < -0.39 is 49.0 Å². The summed E-state index contributed by atoms with van der Waals surface area (Å²) in [5, 5.41) is 45.4. The predicted octanol–water partition coefficient (Wildman–Crippen LogP) is 2.82. The molecule has 0 heterocycles. The van der Waals surface area contributed by atoms with Crippen LogP contribution in [0, 0.1) is 0 Å². The van der Waals surface area contributed by atoms with Crippen molar-refractivity contribution in [2.45, 2.75) is 37.9 Å². The van der Waals surface area contributed by atoms with Crippen LogP contribution in [0.5, 0.6) is 11.5 Å². The first-order chi connectivity index (χ1) is 20.2. The maximum Gasteiger partial charge on any atom is 0.491 e. The lowest BCUT2D eigenvalue weighted by Gasteiger charge is -2.43. The molecule has 0 aliphatic heterocycles. The third kappa shape index (κ3) is 4.62. The largest absolute Gasteiger partial charge is 0.507 e. The van der Waals surface area contributed by atoms with Gasteiger partial charge in [-0.2, -0.15) is 0 Å². The standard InChI is InChI=1S/C32H28B2O8/c1-2-32(42-34(40)20-13-7-4-8-14-20)17-23-25(24(18-32)41-33(39)19-11-5-3-6-12-19)31(38)27-26(30(23)37)28(35)21-15-9-10-16-22(21)29(27)36/h3-16,24,37-40H,2,17-18H2,1H3/t24-,32-/m0/s1. The molecule has 0 radical (unpaired) electrons. The average molecular weight is 562 g/mol. The molecule has 0 saturated heterocycles. The molecular weight excluding hydrogens is 534 g/mol. The smallest absolute Gasteiger partial charge is 0.491 e. The van der Waals surface area contributed by atoms with E-state index in [0.29, 0.717) is 17.3 Å².